The van der Waals surface area contributed by atoms with Crippen LogP contribution in [0, 0.1) is 0 Å². The number of carbonyl (C=O) groups excluding carboxylic acids is 2. The lowest BCUT2D eigenvalue weighted by Gasteiger charge is -2.07. The maximum absolute atomic E-state index is 12.2. The van der Waals surface area contributed by atoms with Crippen LogP contribution in [0.15, 0.2) is 54.6 Å². The van der Waals surface area contributed by atoms with Gasteiger partial charge in [-0.2, -0.15) is 0 Å². The molecule has 0 aliphatic rings. The van der Waals surface area contributed by atoms with Gasteiger partial charge in [0.15, 0.2) is 5.78 Å². The van der Waals surface area contributed by atoms with Gasteiger partial charge in [-0.15, -0.1) is 0 Å². The van der Waals surface area contributed by atoms with Crippen LogP contribution in [0.3, 0.4) is 0 Å². The maximum atomic E-state index is 12.2. The highest BCUT2D eigenvalue weighted by atomic mass is 16.1. The fourth-order valence-electron chi connectivity index (χ4n) is 1.79. The van der Waals surface area contributed by atoms with Crippen molar-refractivity contribution in [3.8, 4) is 0 Å². The summed E-state index contributed by atoms with van der Waals surface area (Å²) < 4.78 is 0. The highest BCUT2D eigenvalue weighted by Crippen LogP contribution is 2.17. The molecule has 0 saturated carbocycles. The third-order valence-electron chi connectivity index (χ3n) is 2.65. The molecule has 2 aromatic rings. The van der Waals surface area contributed by atoms with E-state index >= 15 is 0 Å². The molecule has 3 heteroatoms. The average Bonchev–Trinajstić information content (AvgIpc) is 2.41. The summed E-state index contributed by atoms with van der Waals surface area (Å²) in [7, 11) is 0. The summed E-state index contributed by atoms with van der Waals surface area (Å²) in [6.45, 7) is 0. The van der Waals surface area contributed by atoms with Crippen LogP contribution in [0.25, 0.3) is 0 Å². The Morgan fingerprint density at radius 3 is 2.39 bits per heavy atom. The van der Waals surface area contributed by atoms with E-state index in [0.717, 1.165) is 5.56 Å². The molecular weight excluding hydrogens is 226 g/mol. The van der Waals surface area contributed by atoms with Crippen LogP contribution in [-0.4, -0.2) is 12.2 Å². The lowest BCUT2D eigenvalue weighted by molar-refractivity contribution is -0.105. The smallest absolute Gasteiger partial charge is 0.211 e. The normalized spacial score (nSPS) is 9.78. The molecule has 0 atom stereocenters. The number of hydrogen-bond donors (Lipinski definition) is 1. The first-order valence-corrected chi connectivity index (χ1v) is 5.67. The van der Waals surface area contributed by atoms with Crippen LogP contribution in [0.5, 0.6) is 0 Å². The van der Waals surface area contributed by atoms with Crippen molar-refractivity contribution in [1.29, 1.82) is 0 Å². The van der Waals surface area contributed by atoms with Crippen LogP contribution in [0.2, 0.25) is 0 Å². The number of carbonyl (C=O) groups is 2. The topological polar surface area (TPSA) is 46.2 Å². The molecule has 2 aromatic carbocycles. The fourth-order valence-corrected chi connectivity index (χ4v) is 1.79. The zero-order chi connectivity index (χ0) is 12.8. The van der Waals surface area contributed by atoms with Gasteiger partial charge in [0.05, 0.1) is 5.69 Å². The number of nitrogens with one attached hydrogen (secondary N) is 1. The zero-order valence-corrected chi connectivity index (χ0v) is 9.80. The molecule has 0 heterocycles. The molecule has 2 rings (SSSR count). The van der Waals surface area contributed by atoms with Gasteiger partial charge in [0.25, 0.3) is 0 Å². The Balaban J connectivity index is 2.21. The van der Waals surface area contributed by atoms with E-state index in [1.54, 1.807) is 24.3 Å². The standard InChI is InChI=1S/C15H13NO2/c17-11-16-14-9-5-4-8-13(14)15(18)10-12-6-2-1-3-7-12/h1-9,11H,10H2,(H,16,17). The van der Waals surface area contributed by atoms with Crippen molar-refractivity contribution in [2.45, 2.75) is 6.42 Å². The molecule has 0 saturated heterocycles. The lowest BCUT2D eigenvalue weighted by atomic mass is 10.0. The van der Waals surface area contributed by atoms with Crippen LogP contribution < -0.4 is 5.32 Å². The Morgan fingerprint density at radius 1 is 1.00 bits per heavy atom. The SMILES string of the molecule is O=CNc1ccccc1C(=O)Cc1ccccc1. The fraction of sp³-hybridized carbons (Fsp3) is 0.0667. The number of anilines is 1. The van der Waals surface area contributed by atoms with Crippen LogP contribution >= 0.6 is 0 Å². The first-order valence-electron chi connectivity index (χ1n) is 5.67. The van der Waals surface area contributed by atoms with E-state index in [9.17, 15) is 9.59 Å². The third-order valence-corrected chi connectivity index (χ3v) is 2.65. The zero-order valence-electron chi connectivity index (χ0n) is 9.80. The predicted octanol–water partition coefficient (Wildman–Crippen LogP) is 2.68. The summed E-state index contributed by atoms with van der Waals surface area (Å²) in [6, 6.07) is 16.5. The molecule has 90 valence electrons. The number of hydrogen-bond acceptors (Lipinski definition) is 2. The van der Waals surface area contributed by atoms with Gasteiger partial charge >= 0.3 is 0 Å². The van der Waals surface area contributed by atoms with Crippen molar-refractivity contribution >= 4 is 17.9 Å². The summed E-state index contributed by atoms with van der Waals surface area (Å²) in [5.41, 5.74) is 2.05. The first-order chi connectivity index (χ1) is 8.81. The summed E-state index contributed by atoms with van der Waals surface area (Å²) in [4.78, 5) is 22.6. The molecule has 18 heavy (non-hydrogen) atoms. The summed E-state index contributed by atoms with van der Waals surface area (Å²) in [5.74, 6) is -0.00819. The quantitative estimate of drug-likeness (QED) is 0.644. The highest BCUT2D eigenvalue weighted by Gasteiger charge is 2.10. The Morgan fingerprint density at radius 2 is 1.67 bits per heavy atom. The second kappa shape index (κ2) is 5.77. The van der Waals surface area contributed by atoms with E-state index < -0.39 is 0 Å². The predicted molar refractivity (Wildman–Crippen MR) is 70.6 cm³/mol. The Hall–Kier alpha value is -2.42. The Labute approximate surface area is 105 Å². The molecule has 3 nitrogen and oxygen atoms in total. The van der Waals surface area contributed by atoms with E-state index in [0.29, 0.717) is 24.1 Å². The largest absolute Gasteiger partial charge is 0.328 e. The maximum Gasteiger partial charge on any atom is 0.211 e. The van der Waals surface area contributed by atoms with E-state index in [1.807, 2.05) is 30.3 Å². The van der Waals surface area contributed by atoms with E-state index in [4.69, 9.17) is 0 Å². The number of Topliss-reactive ketones (excluding diaryl/α,β-unsaturated/α-hetero) is 1. The van der Waals surface area contributed by atoms with Crippen molar-refractivity contribution in [2.24, 2.45) is 0 Å². The average molecular weight is 239 g/mol. The van der Waals surface area contributed by atoms with Crippen molar-refractivity contribution in [1.82, 2.24) is 0 Å². The molecule has 0 aliphatic carbocycles. The van der Waals surface area contributed by atoms with Gasteiger partial charge in [-0.05, 0) is 17.7 Å². The third kappa shape index (κ3) is 2.83. The molecule has 1 amide bonds. The number of amides is 1. The minimum atomic E-state index is -0.00819. The van der Waals surface area contributed by atoms with Crippen molar-refractivity contribution < 1.29 is 9.59 Å². The monoisotopic (exact) mass is 239 g/mol. The van der Waals surface area contributed by atoms with Crippen LogP contribution in [0.1, 0.15) is 15.9 Å². The van der Waals surface area contributed by atoms with Gasteiger partial charge in [0, 0.05) is 12.0 Å². The molecule has 0 radical (unpaired) electrons. The summed E-state index contributed by atoms with van der Waals surface area (Å²) in [6.07, 6.45) is 0.910. The molecule has 0 aromatic heterocycles. The molecule has 0 aliphatic heterocycles. The molecule has 0 fully saturated rings. The summed E-state index contributed by atoms with van der Waals surface area (Å²) in [5, 5.41) is 2.54. The Bertz CT molecular complexity index is 549. The second-order valence-corrected chi connectivity index (χ2v) is 3.89. The number of ketones is 1. The number of rotatable bonds is 5. The van der Waals surface area contributed by atoms with Crippen molar-refractivity contribution in [2.75, 3.05) is 5.32 Å². The molecule has 1 N–H and O–H groups in total. The summed E-state index contributed by atoms with van der Waals surface area (Å²) >= 11 is 0. The van der Waals surface area contributed by atoms with E-state index in [2.05, 4.69) is 5.32 Å². The molecule has 0 bridgehead atoms. The lowest BCUT2D eigenvalue weighted by Crippen LogP contribution is -2.08. The minimum Gasteiger partial charge on any atom is -0.328 e. The van der Waals surface area contributed by atoms with Gasteiger partial charge in [-0.1, -0.05) is 42.5 Å². The van der Waals surface area contributed by atoms with Gasteiger partial charge < -0.3 is 5.32 Å². The van der Waals surface area contributed by atoms with Crippen LogP contribution in [0.4, 0.5) is 5.69 Å². The van der Waals surface area contributed by atoms with Gasteiger partial charge in [-0.3, -0.25) is 9.59 Å². The van der Waals surface area contributed by atoms with Crippen molar-refractivity contribution in [3.63, 3.8) is 0 Å². The van der Waals surface area contributed by atoms with Crippen molar-refractivity contribution in [3.05, 3.63) is 65.7 Å². The first kappa shape index (κ1) is 12.0. The Kier molecular flexibility index (Phi) is 3.86. The van der Waals surface area contributed by atoms with Crippen LogP contribution in [-0.2, 0) is 11.2 Å². The van der Waals surface area contributed by atoms with E-state index in [-0.39, 0.29) is 5.78 Å². The number of para-hydroxylation sites is 1. The highest BCUT2D eigenvalue weighted by molar-refractivity contribution is 6.03. The van der Waals surface area contributed by atoms with Gasteiger partial charge in [0.1, 0.15) is 0 Å². The molecule has 0 unspecified atom stereocenters. The van der Waals surface area contributed by atoms with Gasteiger partial charge in [-0.25, -0.2) is 0 Å². The minimum absolute atomic E-state index is 0.00819. The van der Waals surface area contributed by atoms with Gasteiger partial charge in [0.2, 0.25) is 6.41 Å². The van der Waals surface area contributed by atoms with E-state index in [1.165, 1.54) is 0 Å². The molecular formula is C15H13NO2. The second-order valence-electron chi connectivity index (χ2n) is 3.89. The molecule has 0 spiro atoms. The number of benzene rings is 2.